The van der Waals surface area contributed by atoms with E-state index in [1.54, 1.807) is 7.11 Å². The van der Waals surface area contributed by atoms with Crippen LogP contribution in [0.4, 0.5) is 0 Å². The van der Waals surface area contributed by atoms with Gasteiger partial charge in [0.15, 0.2) is 0 Å². The molecule has 0 saturated carbocycles. The lowest BCUT2D eigenvalue weighted by atomic mass is 10.1. The van der Waals surface area contributed by atoms with Gasteiger partial charge in [-0.25, -0.2) is 0 Å². The van der Waals surface area contributed by atoms with Crippen molar-refractivity contribution in [1.82, 2.24) is 0 Å². The lowest BCUT2D eigenvalue weighted by Crippen LogP contribution is -2.00. The molecule has 0 atom stereocenters. The van der Waals surface area contributed by atoms with Crippen LogP contribution in [-0.2, 0) is 16.0 Å². The molecule has 4 heteroatoms. The Morgan fingerprint density at radius 1 is 1.38 bits per heavy atom. The van der Waals surface area contributed by atoms with E-state index >= 15 is 0 Å². The van der Waals surface area contributed by atoms with Gasteiger partial charge in [-0.3, -0.25) is 4.79 Å². The smallest absolute Gasteiger partial charge is 0.305 e. The Hall–Kier alpha value is -1.22. The van der Waals surface area contributed by atoms with Crippen molar-refractivity contribution in [3.05, 3.63) is 28.8 Å². The first-order valence-corrected chi connectivity index (χ1v) is 5.44. The second kappa shape index (κ2) is 6.38. The maximum Gasteiger partial charge on any atom is 0.305 e. The number of rotatable bonds is 5. The Balaban J connectivity index is 2.49. The molecule has 0 aromatic heterocycles. The molecular weight excluding hydrogens is 228 g/mol. The number of methoxy groups -OCH3 is 2. The van der Waals surface area contributed by atoms with Crippen molar-refractivity contribution in [2.24, 2.45) is 0 Å². The fourth-order valence-electron chi connectivity index (χ4n) is 1.40. The van der Waals surface area contributed by atoms with Gasteiger partial charge in [-0.2, -0.15) is 0 Å². The maximum atomic E-state index is 10.9. The summed E-state index contributed by atoms with van der Waals surface area (Å²) in [4.78, 5) is 10.9. The molecule has 0 N–H and O–H groups in total. The molecule has 0 bridgehead atoms. The van der Waals surface area contributed by atoms with E-state index in [0.29, 0.717) is 17.2 Å². The van der Waals surface area contributed by atoms with Crippen molar-refractivity contribution in [1.29, 1.82) is 0 Å². The molecular formula is C12H15ClO3. The first-order valence-electron chi connectivity index (χ1n) is 5.06. The maximum absolute atomic E-state index is 10.9. The molecule has 0 aliphatic heterocycles. The highest BCUT2D eigenvalue weighted by Gasteiger charge is 2.03. The van der Waals surface area contributed by atoms with Crippen LogP contribution in [0.5, 0.6) is 5.75 Å². The van der Waals surface area contributed by atoms with Crippen molar-refractivity contribution < 1.29 is 14.3 Å². The Morgan fingerprint density at radius 3 is 2.69 bits per heavy atom. The van der Waals surface area contributed by atoms with Gasteiger partial charge in [-0.05, 0) is 30.5 Å². The highest BCUT2D eigenvalue weighted by molar-refractivity contribution is 6.32. The molecule has 0 spiro atoms. The molecule has 1 aromatic carbocycles. The number of ether oxygens (including phenoxy) is 2. The Labute approximate surface area is 100 Å². The van der Waals surface area contributed by atoms with Crippen LogP contribution >= 0.6 is 11.6 Å². The quantitative estimate of drug-likeness (QED) is 0.745. The molecule has 0 radical (unpaired) electrons. The van der Waals surface area contributed by atoms with E-state index in [0.717, 1.165) is 18.4 Å². The predicted molar refractivity (Wildman–Crippen MR) is 63.0 cm³/mol. The van der Waals surface area contributed by atoms with Crippen LogP contribution in [0.3, 0.4) is 0 Å². The van der Waals surface area contributed by atoms with Crippen molar-refractivity contribution in [2.75, 3.05) is 14.2 Å². The van der Waals surface area contributed by atoms with Gasteiger partial charge in [0, 0.05) is 6.42 Å². The van der Waals surface area contributed by atoms with E-state index in [4.69, 9.17) is 16.3 Å². The highest BCUT2D eigenvalue weighted by Crippen LogP contribution is 2.25. The Kier molecular flexibility index (Phi) is 5.12. The second-order valence-electron chi connectivity index (χ2n) is 3.40. The van der Waals surface area contributed by atoms with Crippen LogP contribution in [0.2, 0.25) is 5.02 Å². The molecule has 16 heavy (non-hydrogen) atoms. The van der Waals surface area contributed by atoms with Gasteiger partial charge >= 0.3 is 5.97 Å². The number of aryl methyl sites for hydroxylation is 1. The fourth-order valence-corrected chi connectivity index (χ4v) is 1.68. The first-order chi connectivity index (χ1) is 7.67. The van der Waals surface area contributed by atoms with E-state index in [-0.39, 0.29) is 5.97 Å². The molecule has 0 fully saturated rings. The van der Waals surface area contributed by atoms with E-state index in [1.807, 2.05) is 18.2 Å². The van der Waals surface area contributed by atoms with Gasteiger partial charge in [-0.1, -0.05) is 17.7 Å². The van der Waals surface area contributed by atoms with Crippen molar-refractivity contribution in [2.45, 2.75) is 19.3 Å². The first kappa shape index (κ1) is 12.8. The number of hydrogen-bond donors (Lipinski definition) is 0. The summed E-state index contributed by atoms with van der Waals surface area (Å²) in [5.41, 5.74) is 1.09. The van der Waals surface area contributed by atoms with Crippen LogP contribution in [0.25, 0.3) is 0 Å². The third kappa shape index (κ3) is 3.74. The average molecular weight is 243 g/mol. The molecule has 88 valence electrons. The van der Waals surface area contributed by atoms with E-state index in [2.05, 4.69) is 4.74 Å². The summed E-state index contributed by atoms with van der Waals surface area (Å²) >= 11 is 5.98. The molecule has 1 rings (SSSR count). The zero-order valence-corrected chi connectivity index (χ0v) is 10.2. The summed E-state index contributed by atoms with van der Waals surface area (Å²) in [5.74, 6) is 0.484. The molecule has 1 aromatic rings. The highest BCUT2D eigenvalue weighted by atomic mass is 35.5. The van der Waals surface area contributed by atoms with E-state index in [1.165, 1.54) is 7.11 Å². The third-order valence-corrected chi connectivity index (χ3v) is 2.59. The predicted octanol–water partition coefficient (Wildman–Crippen LogP) is 2.84. The largest absolute Gasteiger partial charge is 0.495 e. The fraction of sp³-hybridized carbons (Fsp3) is 0.417. The lowest BCUT2D eigenvalue weighted by molar-refractivity contribution is -0.140. The lowest BCUT2D eigenvalue weighted by Gasteiger charge is -2.05. The average Bonchev–Trinajstić information content (AvgIpc) is 2.29. The van der Waals surface area contributed by atoms with Crippen molar-refractivity contribution in [3.8, 4) is 5.75 Å². The number of carbonyl (C=O) groups excluding carboxylic acids is 1. The summed E-state index contributed by atoms with van der Waals surface area (Å²) in [7, 11) is 2.98. The molecule has 3 nitrogen and oxygen atoms in total. The molecule has 0 aliphatic rings. The SMILES string of the molecule is COC(=O)CCCc1ccc(OC)c(Cl)c1. The topological polar surface area (TPSA) is 35.5 Å². The van der Waals surface area contributed by atoms with Gasteiger partial charge in [0.2, 0.25) is 0 Å². The van der Waals surface area contributed by atoms with Crippen molar-refractivity contribution >= 4 is 17.6 Å². The monoisotopic (exact) mass is 242 g/mol. The van der Waals surface area contributed by atoms with E-state index < -0.39 is 0 Å². The van der Waals surface area contributed by atoms with Gasteiger partial charge < -0.3 is 9.47 Å². The minimum atomic E-state index is -0.181. The summed E-state index contributed by atoms with van der Waals surface area (Å²) in [6.45, 7) is 0. The standard InChI is InChI=1S/C12H15ClO3/c1-15-11-7-6-9(8-10(11)13)4-3-5-12(14)16-2/h6-8H,3-5H2,1-2H3. The molecule has 0 unspecified atom stereocenters. The zero-order valence-electron chi connectivity index (χ0n) is 9.46. The number of carbonyl (C=O) groups is 1. The van der Waals surface area contributed by atoms with Crippen molar-refractivity contribution in [3.63, 3.8) is 0 Å². The van der Waals surface area contributed by atoms with Gasteiger partial charge in [0.05, 0.1) is 19.2 Å². The molecule has 0 aliphatic carbocycles. The van der Waals surface area contributed by atoms with Crippen LogP contribution in [0, 0.1) is 0 Å². The normalized spacial score (nSPS) is 9.94. The third-order valence-electron chi connectivity index (χ3n) is 2.29. The second-order valence-corrected chi connectivity index (χ2v) is 3.81. The van der Waals surface area contributed by atoms with Crippen LogP contribution in [0.15, 0.2) is 18.2 Å². The van der Waals surface area contributed by atoms with Gasteiger partial charge in [-0.15, -0.1) is 0 Å². The number of esters is 1. The van der Waals surface area contributed by atoms with Gasteiger partial charge in [0.25, 0.3) is 0 Å². The Morgan fingerprint density at radius 2 is 2.12 bits per heavy atom. The zero-order chi connectivity index (χ0) is 12.0. The van der Waals surface area contributed by atoms with Gasteiger partial charge in [0.1, 0.15) is 5.75 Å². The summed E-state index contributed by atoms with van der Waals surface area (Å²) in [6, 6.07) is 5.63. The summed E-state index contributed by atoms with van der Waals surface area (Å²) in [6.07, 6.45) is 1.99. The molecule has 0 amide bonds. The Bertz CT molecular complexity index is 363. The molecule has 0 saturated heterocycles. The van der Waals surface area contributed by atoms with Crippen LogP contribution < -0.4 is 4.74 Å². The van der Waals surface area contributed by atoms with Crippen LogP contribution in [0.1, 0.15) is 18.4 Å². The molecule has 0 heterocycles. The summed E-state index contributed by atoms with van der Waals surface area (Å²) in [5, 5.41) is 0.595. The number of halogens is 1. The van der Waals surface area contributed by atoms with E-state index in [9.17, 15) is 4.79 Å². The van der Waals surface area contributed by atoms with Crippen LogP contribution in [-0.4, -0.2) is 20.2 Å². The minimum absolute atomic E-state index is 0.181. The number of benzene rings is 1. The number of hydrogen-bond acceptors (Lipinski definition) is 3. The minimum Gasteiger partial charge on any atom is -0.495 e. The summed E-state index contributed by atoms with van der Waals surface area (Å²) < 4.78 is 9.62.